The summed E-state index contributed by atoms with van der Waals surface area (Å²) in [6, 6.07) is 6.91. The first-order valence-corrected chi connectivity index (χ1v) is 7.27. The number of benzene rings is 1. The van der Waals surface area contributed by atoms with E-state index in [1.165, 1.54) is 0 Å². The van der Waals surface area contributed by atoms with Crippen LogP contribution < -0.4 is 16.3 Å². The van der Waals surface area contributed by atoms with E-state index in [-0.39, 0.29) is 5.56 Å². The van der Waals surface area contributed by atoms with Gasteiger partial charge in [0, 0.05) is 37.3 Å². The van der Waals surface area contributed by atoms with Crippen LogP contribution in [0.25, 0.3) is 11.0 Å². The van der Waals surface area contributed by atoms with Gasteiger partial charge in [-0.05, 0) is 24.6 Å². The molecule has 0 radical (unpaired) electrons. The average Bonchev–Trinajstić information content (AvgIpc) is 2.53. The first-order chi connectivity index (χ1) is 10.7. The zero-order valence-corrected chi connectivity index (χ0v) is 12.8. The molecule has 2 rings (SSSR count). The van der Waals surface area contributed by atoms with Crippen molar-refractivity contribution in [3.05, 3.63) is 40.2 Å². The number of carbonyl (C=O) groups excluding carboxylic acids is 1. The van der Waals surface area contributed by atoms with E-state index >= 15 is 0 Å². The minimum Gasteiger partial charge on any atom is -0.422 e. The van der Waals surface area contributed by atoms with Crippen molar-refractivity contribution in [3.63, 3.8) is 0 Å². The van der Waals surface area contributed by atoms with Gasteiger partial charge < -0.3 is 19.8 Å². The summed E-state index contributed by atoms with van der Waals surface area (Å²) < 4.78 is 10.5. The summed E-state index contributed by atoms with van der Waals surface area (Å²) in [5.74, 6) is -0.451. The molecule has 0 saturated heterocycles. The van der Waals surface area contributed by atoms with Gasteiger partial charge in [-0.2, -0.15) is 0 Å². The van der Waals surface area contributed by atoms with E-state index in [0.29, 0.717) is 30.7 Å². The standard InChI is InChI=1S/C16H20N2O4/c1-3-7-21-8-6-18-15(19)13-9-11-4-5-12(17-2)10-14(11)22-16(13)20/h4-5,9-10,17H,3,6-8H2,1-2H3,(H,18,19). The second-order valence-electron chi connectivity index (χ2n) is 4.82. The van der Waals surface area contributed by atoms with E-state index in [2.05, 4.69) is 10.6 Å². The number of nitrogens with one attached hydrogen (secondary N) is 2. The fourth-order valence-corrected chi connectivity index (χ4v) is 2.00. The summed E-state index contributed by atoms with van der Waals surface area (Å²) in [6.07, 6.45) is 0.927. The van der Waals surface area contributed by atoms with Gasteiger partial charge in [-0.1, -0.05) is 6.92 Å². The molecule has 0 atom stereocenters. The van der Waals surface area contributed by atoms with Crippen molar-refractivity contribution < 1.29 is 13.9 Å². The Balaban J connectivity index is 2.12. The number of ether oxygens (including phenoxy) is 1. The van der Waals surface area contributed by atoms with E-state index < -0.39 is 11.5 Å². The van der Waals surface area contributed by atoms with Gasteiger partial charge in [-0.25, -0.2) is 4.79 Å². The summed E-state index contributed by atoms with van der Waals surface area (Å²) in [6.45, 7) is 3.44. The van der Waals surface area contributed by atoms with Gasteiger partial charge in [-0.15, -0.1) is 0 Å². The highest BCUT2D eigenvalue weighted by Crippen LogP contribution is 2.18. The molecule has 0 aliphatic rings. The molecule has 1 heterocycles. The van der Waals surface area contributed by atoms with Crippen LogP contribution in [0.1, 0.15) is 23.7 Å². The van der Waals surface area contributed by atoms with Crippen molar-refractivity contribution in [2.24, 2.45) is 0 Å². The molecule has 1 aromatic heterocycles. The molecule has 0 aliphatic heterocycles. The minimum atomic E-state index is -0.646. The first-order valence-electron chi connectivity index (χ1n) is 7.27. The topological polar surface area (TPSA) is 80.6 Å². The van der Waals surface area contributed by atoms with Crippen LogP contribution in [-0.2, 0) is 4.74 Å². The number of rotatable bonds is 7. The van der Waals surface area contributed by atoms with E-state index in [9.17, 15) is 9.59 Å². The Morgan fingerprint density at radius 3 is 2.82 bits per heavy atom. The summed E-state index contributed by atoms with van der Waals surface area (Å²) >= 11 is 0. The predicted molar refractivity (Wildman–Crippen MR) is 85.5 cm³/mol. The van der Waals surface area contributed by atoms with Gasteiger partial charge in [0.2, 0.25) is 0 Å². The molecular weight excluding hydrogens is 284 g/mol. The molecule has 6 heteroatoms. The summed E-state index contributed by atoms with van der Waals surface area (Å²) in [4.78, 5) is 24.0. The second-order valence-corrected chi connectivity index (χ2v) is 4.82. The largest absolute Gasteiger partial charge is 0.422 e. The molecule has 0 spiro atoms. The van der Waals surface area contributed by atoms with Gasteiger partial charge in [-0.3, -0.25) is 4.79 Å². The summed E-state index contributed by atoms with van der Waals surface area (Å²) in [5, 5.41) is 6.31. The van der Waals surface area contributed by atoms with Crippen molar-refractivity contribution in [2.45, 2.75) is 13.3 Å². The van der Waals surface area contributed by atoms with Crippen molar-refractivity contribution in [1.82, 2.24) is 5.32 Å². The van der Waals surface area contributed by atoms with Crippen molar-refractivity contribution in [3.8, 4) is 0 Å². The lowest BCUT2D eigenvalue weighted by molar-refractivity contribution is 0.0912. The van der Waals surface area contributed by atoms with Crippen molar-refractivity contribution in [1.29, 1.82) is 0 Å². The van der Waals surface area contributed by atoms with Gasteiger partial charge in [0.1, 0.15) is 11.1 Å². The molecule has 0 aliphatic carbocycles. The maximum absolute atomic E-state index is 12.0. The van der Waals surface area contributed by atoms with Gasteiger partial charge in [0.25, 0.3) is 5.91 Å². The Labute approximate surface area is 128 Å². The predicted octanol–water partition coefficient (Wildman–Crippen LogP) is 1.99. The minimum absolute atomic E-state index is 0.000184. The zero-order valence-electron chi connectivity index (χ0n) is 12.8. The molecule has 0 saturated carbocycles. The third-order valence-corrected chi connectivity index (χ3v) is 3.15. The second kappa shape index (κ2) is 7.61. The number of anilines is 1. The van der Waals surface area contributed by atoms with E-state index in [4.69, 9.17) is 9.15 Å². The number of fused-ring (bicyclic) bond motifs is 1. The Morgan fingerprint density at radius 1 is 1.27 bits per heavy atom. The fraction of sp³-hybridized carbons (Fsp3) is 0.375. The highest BCUT2D eigenvalue weighted by molar-refractivity contribution is 5.96. The van der Waals surface area contributed by atoms with E-state index in [1.54, 1.807) is 25.2 Å². The number of hydrogen-bond donors (Lipinski definition) is 2. The maximum atomic E-state index is 12.0. The van der Waals surface area contributed by atoms with Gasteiger partial charge in [0.15, 0.2) is 0 Å². The third-order valence-electron chi connectivity index (χ3n) is 3.15. The van der Waals surface area contributed by atoms with Crippen LogP contribution in [0.4, 0.5) is 5.69 Å². The molecule has 1 amide bonds. The highest BCUT2D eigenvalue weighted by atomic mass is 16.5. The normalized spacial score (nSPS) is 10.6. The molecule has 6 nitrogen and oxygen atoms in total. The van der Waals surface area contributed by atoms with E-state index in [1.807, 2.05) is 13.0 Å². The molecule has 0 fully saturated rings. The van der Waals surface area contributed by atoms with Crippen LogP contribution in [0.3, 0.4) is 0 Å². The van der Waals surface area contributed by atoms with Crippen LogP contribution in [0.15, 0.2) is 33.5 Å². The zero-order chi connectivity index (χ0) is 15.9. The first kappa shape index (κ1) is 16.0. The Hall–Kier alpha value is -2.34. The number of amides is 1. The fourth-order valence-electron chi connectivity index (χ4n) is 2.00. The molecule has 2 N–H and O–H groups in total. The Kier molecular flexibility index (Phi) is 5.55. The molecule has 0 unspecified atom stereocenters. The molecule has 2 aromatic rings. The highest BCUT2D eigenvalue weighted by Gasteiger charge is 2.13. The van der Waals surface area contributed by atoms with Crippen LogP contribution in [0.5, 0.6) is 0 Å². The van der Waals surface area contributed by atoms with Crippen LogP contribution in [0, 0.1) is 0 Å². The van der Waals surface area contributed by atoms with Crippen LogP contribution in [-0.4, -0.2) is 32.7 Å². The molecule has 1 aromatic carbocycles. The Bertz CT molecular complexity index is 709. The van der Waals surface area contributed by atoms with Crippen molar-refractivity contribution in [2.75, 3.05) is 32.1 Å². The molecule has 118 valence electrons. The van der Waals surface area contributed by atoms with Crippen LogP contribution in [0.2, 0.25) is 0 Å². The lowest BCUT2D eigenvalue weighted by Gasteiger charge is -2.06. The van der Waals surface area contributed by atoms with E-state index in [0.717, 1.165) is 12.1 Å². The molecule has 0 bridgehead atoms. The lowest BCUT2D eigenvalue weighted by Crippen LogP contribution is -2.31. The quantitative estimate of drug-likeness (QED) is 0.604. The summed E-state index contributed by atoms with van der Waals surface area (Å²) in [7, 11) is 1.78. The lowest BCUT2D eigenvalue weighted by atomic mass is 10.1. The number of carbonyl (C=O) groups is 1. The average molecular weight is 304 g/mol. The van der Waals surface area contributed by atoms with Gasteiger partial charge in [0.05, 0.1) is 6.61 Å². The maximum Gasteiger partial charge on any atom is 0.349 e. The smallest absolute Gasteiger partial charge is 0.349 e. The molecule has 22 heavy (non-hydrogen) atoms. The molecular formula is C16H20N2O4. The Morgan fingerprint density at radius 2 is 2.09 bits per heavy atom. The third kappa shape index (κ3) is 3.85. The van der Waals surface area contributed by atoms with Crippen LogP contribution >= 0.6 is 0 Å². The summed E-state index contributed by atoms with van der Waals surface area (Å²) in [5.41, 5.74) is 0.633. The van der Waals surface area contributed by atoms with Crippen molar-refractivity contribution >= 4 is 22.6 Å². The number of hydrogen-bond acceptors (Lipinski definition) is 5. The SMILES string of the molecule is CCCOCCNC(=O)c1cc2ccc(NC)cc2oc1=O. The van der Waals surface area contributed by atoms with Gasteiger partial charge >= 0.3 is 5.63 Å². The monoisotopic (exact) mass is 304 g/mol.